The number of rotatable bonds is 5. The number of aromatic nitrogens is 3. The summed E-state index contributed by atoms with van der Waals surface area (Å²) in [4.78, 5) is 4.11. The van der Waals surface area contributed by atoms with Crippen molar-refractivity contribution in [3.8, 4) is 17.1 Å². The van der Waals surface area contributed by atoms with Crippen LogP contribution in [0.25, 0.3) is 11.3 Å². The van der Waals surface area contributed by atoms with E-state index in [-0.39, 0.29) is 0 Å². The van der Waals surface area contributed by atoms with Crippen LogP contribution in [0, 0.1) is 13.8 Å². The highest BCUT2D eigenvalue weighted by molar-refractivity contribution is 5.66. The number of methoxy groups -OCH3 is 1. The summed E-state index contributed by atoms with van der Waals surface area (Å²) in [7, 11) is 1.60. The first-order chi connectivity index (χ1) is 9.67. The minimum absolute atomic E-state index is 0.578. The second-order valence-electron chi connectivity index (χ2n) is 4.66. The van der Waals surface area contributed by atoms with Gasteiger partial charge in [-0.1, -0.05) is 6.92 Å². The van der Waals surface area contributed by atoms with Gasteiger partial charge in [0.05, 0.1) is 12.8 Å². The molecule has 2 aromatic heterocycles. The zero-order valence-electron chi connectivity index (χ0n) is 12.4. The summed E-state index contributed by atoms with van der Waals surface area (Å²) in [6.07, 6.45) is 2.78. The Labute approximate surface area is 119 Å². The lowest BCUT2D eigenvalue weighted by Gasteiger charge is -2.12. The molecule has 0 aliphatic carbocycles. The Kier molecular flexibility index (Phi) is 4.50. The van der Waals surface area contributed by atoms with Crippen LogP contribution in [-0.4, -0.2) is 28.8 Å². The van der Waals surface area contributed by atoms with Crippen LogP contribution in [-0.2, 0) is 0 Å². The van der Waals surface area contributed by atoms with Gasteiger partial charge in [0.25, 0.3) is 0 Å². The maximum absolute atomic E-state index is 5.15. The summed E-state index contributed by atoms with van der Waals surface area (Å²) in [6.45, 7) is 7.14. The van der Waals surface area contributed by atoms with Crippen LogP contribution in [0.1, 0.15) is 24.5 Å². The van der Waals surface area contributed by atoms with Crippen LogP contribution in [0.4, 0.5) is 5.82 Å². The molecule has 2 rings (SSSR count). The molecule has 20 heavy (non-hydrogen) atoms. The Morgan fingerprint density at radius 1 is 1.20 bits per heavy atom. The van der Waals surface area contributed by atoms with Crippen molar-refractivity contribution in [2.45, 2.75) is 27.2 Å². The molecule has 5 heteroatoms. The van der Waals surface area contributed by atoms with Gasteiger partial charge in [-0.25, -0.2) is 4.98 Å². The lowest BCUT2D eigenvalue weighted by molar-refractivity contribution is 0.398. The summed E-state index contributed by atoms with van der Waals surface area (Å²) < 4.78 is 5.15. The lowest BCUT2D eigenvalue weighted by Crippen LogP contribution is -2.07. The van der Waals surface area contributed by atoms with Crippen molar-refractivity contribution in [1.82, 2.24) is 15.2 Å². The van der Waals surface area contributed by atoms with Gasteiger partial charge >= 0.3 is 0 Å². The molecule has 0 aromatic carbocycles. The van der Waals surface area contributed by atoms with Crippen molar-refractivity contribution < 1.29 is 4.74 Å². The maximum Gasteiger partial charge on any atom is 0.213 e. The van der Waals surface area contributed by atoms with Crippen molar-refractivity contribution in [1.29, 1.82) is 0 Å². The third kappa shape index (κ3) is 2.87. The predicted octanol–water partition coefficient (Wildman–Crippen LogP) is 2.99. The fourth-order valence-electron chi connectivity index (χ4n) is 1.96. The molecule has 2 heterocycles. The molecule has 5 nitrogen and oxygen atoms in total. The second-order valence-corrected chi connectivity index (χ2v) is 4.66. The van der Waals surface area contributed by atoms with E-state index >= 15 is 0 Å². The smallest absolute Gasteiger partial charge is 0.213 e. The number of hydrogen-bond acceptors (Lipinski definition) is 5. The zero-order chi connectivity index (χ0) is 14.5. The normalized spacial score (nSPS) is 10.4. The van der Waals surface area contributed by atoms with Crippen LogP contribution in [0.2, 0.25) is 0 Å². The van der Waals surface area contributed by atoms with Gasteiger partial charge in [0.15, 0.2) is 5.82 Å². The van der Waals surface area contributed by atoms with Gasteiger partial charge in [-0.15, -0.1) is 10.2 Å². The molecule has 0 amide bonds. The molecule has 0 atom stereocenters. The van der Waals surface area contributed by atoms with E-state index in [4.69, 9.17) is 4.74 Å². The van der Waals surface area contributed by atoms with E-state index in [1.165, 1.54) is 0 Å². The molecule has 0 fully saturated rings. The second kappa shape index (κ2) is 6.32. The Morgan fingerprint density at radius 2 is 2.00 bits per heavy atom. The van der Waals surface area contributed by atoms with Crippen molar-refractivity contribution in [2.24, 2.45) is 0 Å². The predicted molar refractivity (Wildman–Crippen MR) is 80.1 cm³/mol. The number of nitrogens with one attached hydrogen (secondary N) is 1. The molecule has 0 saturated carbocycles. The van der Waals surface area contributed by atoms with Gasteiger partial charge in [-0.2, -0.15) is 0 Å². The fourth-order valence-corrected chi connectivity index (χ4v) is 1.96. The SMILES string of the molecule is CCCNc1nnc(-c2ccnc(OC)c2)c(C)c1C. The molecule has 106 valence electrons. The summed E-state index contributed by atoms with van der Waals surface area (Å²) >= 11 is 0. The minimum atomic E-state index is 0.578. The Balaban J connectivity index is 2.40. The molecule has 0 aliphatic rings. The minimum Gasteiger partial charge on any atom is -0.481 e. The summed E-state index contributed by atoms with van der Waals surface area (Å²) in [6, 6.07) is 3.79. The van der Waals surface area contributed by atoms with E-state index in [0.29, 0.717) is 5.88 Å². The fraction of sp³-hybridized carbons (Fsp3) is 0.400. The van der Waals surface area contributed by atoms with E-state index < -0.39 is 0 Å². The molecular formula is C15H20N4O. The van der Waals surface area contributed by atoms with E-state index in [1.54, 1.807) is 13.3 Å². The van der Waals surface area contributed by atoms with E-state index in [9.17, 15) is 0 Å². The lowest BCUT2D eigenvalue weighted by atomic mass is 10.0. The Bertz CT molecular complexity index is 598. The van der Waals surface area contributed by atoms with E-state index in [0.717, 1.165) is 41.2 Å². The van der Waals surface area contributed by atoms with Gasteiger partial charge in [0.1, 0.15) is 0 Å². The zero-order valence-corrected chi connectivity index (χ0v) is 12.4. The van der Waals surface area contributed by atoms with Gasteiger partial charge < -0.3 is 10.1 Å². The number of ether oxygens (including phenoxy) is 1. The van der Waals surface area contributed by atoms with Crippen LogP contribution < -0.4 is 10.1 Å². The van der Waals surface area contributed by atoms with Crippen molar-refractivity contribution >= 4 is 5.82 Å². The summed E-state index contributed by atoms with van der Waals surface area (Å²) in [5.41, 5.74) is 4.07. The summed E-state index contributed by atoms with van der Waals surface area (Å²) in [5.74, 6) is 1.43. The third-order valence-corrected chi connectivity index (χ3v) is 3.28. The summed E-state index contributed by atoms with van der Waals surface area (Å²) in [5, 5.41) is 11.9. The first-order valence-electron chi connectivity index (χ1n) is 6.75. The monoisotopic (exact) mass is 272 g/mol. The highest BCUT2D eigenvalue weighted by atomic mass is 16.5. The molecule has 0 saturated heterocycles. The molecule has 0 bridgehead atoms. The largest absolute Gasteiger partial charge is 0.481 e. The topological polar surface area (TPSA) is 59.9 Å². The first-order valence-corrected chi connectivity index (χ1v) is 6.75. The number of hydrogen-bond donors (Lipinski definition) is 1. The standard InChI is InChI=1S/C15H20N4O/c1-5-7-17-15-11(3)10(2)14(18-19-15)12-6-8-16-13(9-12)20-4/h6,8-9H,5,7H2,1-4H3,(H,17,19). The highest BCUT2D eigenvalue weighted by Crippen LogP contribution is 2.27. The van der Waals surface area contributed by atoms with Gasteiger partial charge in [-0.3, -0.25) is 0 Å². The van der Waals surface area contributed by atoms with Crippen LogP contribution in [0.5, 0.6) is 5.88 Å². The van der Waals surface area contributed by atoms with Crippen LogP contribution in [0.15, 0.2) is 18.3 Å². The van der Waals surface area contributed by atoms with Gasteiger partial charge in [0, 0.05) is 24.4 Å². The van der Waals surface area contributed by atoms with E-state index in [1.807, 2.05) is 12.1 Å². The molecule has 0 spiro atoms. The van der Waals surface area contributed by atoms with Crippen LogP contribution in [0.3, 0.4) is 0 Å². The quantitative estimate of drug-likeness (QED) is 0.906. The molecule has 2 aromatic rings. The van der Waals surface area contributed by atoms with E-state index in [2.05, 4.69) is 41.3 Å². The van der Waals surface area contributed by atoms with Gasteiger partial charge in [-0.05, 0) is 37.5 Å². The number of anilines is 1. The molecular weight excluding hydrogens is 252 g/mol. The molecule has 0 unspecified atom stereocenters. The molecule has 0 radical (unpaired) electrons. The highest BCUT2D eigenvalue weighted by Gasteiger charge is 2.11. The third-order valence-electron chi connectivity index (χ3n) is 3.28. The van der Waals surface area contributed by atoms with Crippen molar-refractivity contribution in [2.75, 3.05) is 19.0 Å². The van der Waals surface area contributed by atoms with Crippen molar-refractivity contribution in [3.63, 3.8) is 0 Å². The van der Waals surface area contributed by atoms with Crippen LogP contribution >= 0.6 is 0 Å². The number of pyridine rings is 1. The molecule has 1 N–H and O–H groups in total. The first kappa shape index (κ1) is 14.2. The number of nitrogens with zero attached hydrogens (tertiary/aromatic N) is 3. The Hall–Kier alpha value is -2.17. The Morgan fingerprint density at radius 3 is 2.70 bits per heavy atom. The average molecular weight is 272 g/mol. The molecule has 0 aliphatic heterocycles. The maximum atomic E-state index is 5.15. The van der Waals surface area contributed by atoms with Crippen molar-refractivity contribution in [3.05, 3.63) is 29.5 Å². The average Bonchev–Trinajstić information content (AvgIpc) is 2.49. The van der Waals surface area contributed by atoms with Gasteiger partial charge in [0.2, 0.25) is 5.88 Å².